The molecule has 0 radical (unpaired) electrons. The lowest BCUT2D eigenvalue weighted by molar-refractivity contribution is -0.667. The summed E-state index contributed by atoms with van der Waals surface area (Å²) in [7, 11) is -3.36. The van der Waals surface area contributed by atoms with Gasteiger partial charge in [0.05, 0.1) is 30.6 Å². The van der Waals surface area contributed by atoms with Gasteiger partial charge in [-0.05, 0) is 25.5 Å². The molecule has 1 atom stereocenters. The van der Waals surface area contributed by atoms with Crippen LogP contribution >= 0.6 is 0 Å². The summed E-state index contributed by atoms with van der Waals surface area (Å²) in [5.41, 5.74) is 1.09. The Balaban J connectivity index is 0.00000264. The maximum absolute atomic E-state index is 12.9. The van der Waals surface area contributed by atoms with Gasteiger partial charge in [0.15, 0.2) is 0 Å². The van der Waals surface area contributed by atoms with E-state index in [0.717, 1.165) is 31.5 Å². The average molecular weight is 361 g/mol. The number of rotatable bonds is 7. The summed E-state index contributed by atoms with van der Waals surface area (Å²) < 4.78 is 27.6. The van der Waals surface area contributed by atoms with E-state index in [9.17, 15) is 8.42 Å². The number of benzene rings is 1. The van der Waals surface area contributed by atoms with E-state index in [1.165, 1.54) is 19.3 Å². The van der Waals surface area contributed by atoms with Crippen LogP contribution in [0.1, 0.15) is 44.6 Å². The molecule has 4 nitrogen and oxygen atoms in total. The third-order valence-electron chi connectivity index (χ3n) is 4.42. The summed E-state index contributed by atoms with van der Waals surface area (Å²) in [4.78, 5) is 0.429. The maximum atomic E-state index is 12.9. The van der Waals surface area contributed by atoms with E-state index in [4.69, 9.17) is 0 Å². The highest BCUT2D eigenvalue weighted by Gasteiger charge is 2.34. The van der Waals surface area contributed by atoms with Gasteiger partial charge in [0.25, 0.3) is 0 Å². The third kappa shape index (κ3) is 5.45. The molecular weight excluding hydrogens is 332 g/mol. The van der Waals surface area contributed by atoms with Crippen LogP contribution in [-0.4, -0.2) is 38.4 Å². The van der Waals surface area contributed by atoms with Gasteiger partial charge < -0.3 is 17.7 Å². The predicted octanol–water partition coefficient (Wildman–Crippen LogP) is -1.09. The topological polar surface area (TPSA) is 54.0 Å². The number of halogens is 1. The summed E-state index contributed by atoms with van der Waals surface area (Å²) >= 11 is 0. The zero-order chi connectivity index (χ0) is 16.0. The summed E-state index contributed by atoms with van der Waals surface area (Å²) in [6.45, 7) is 6.54. The van der Waals surface area contributed by atoms with Crippen LogP contribution in [0.15, 0.2) is 29.2 Å². The maximum Gasteiger partial charge on any atom is 0.243 e. The van der Waals surface area contributed by atoms with Gasteiger partial charge in [-0.15, -0.1) is 0 Å². The summed E-state index contributed by atoms with van der Waals surface area (Å²) in [5.74, 6) is 0. The third-order valence-corrected chi connectivity index (χ3v) is 6.38. The van der Waals surface area contributed by atoms with Crippen molar-refractivity contribution in [2.24, 2.45) is 0 Å². The molecule has 1 heterocycles. The number of nitrogens with zero attached hydrogens (tertiary/aromatic N) is 1. The molecular formula is C17H29ClN2O2S. The molecule has 6 heteroatoms. The Hall–Kier alpha value is -0.620. The molecule has 1 aromatic carbocycles. The van der Waals surface area contributed by atoms with E-state index in [-0.39, 0.29) is 18.4 Å². The molecule has 132 valence electrons. The van der Waals surface area contributed by atoms with Crippen LogP contribution < -0.4 is 17.7 Å². The zero-order valence-corrected chi connectivity index (χ0v) is 15.7. The molecule has 0 bridgehead atoms. The van der Waals surface area contributed by atoms with E-state index < -0.39 is 10.0 Å². The smallest absolute Gasteiger partial charge is 0.243 e. The number of nitrogens with two attached hydrogens (primary N) is 1. The first-order chi connectivity index (χ1) is 10.6. The van der Waals surface area contributed by atoms with Crippen LogP contribution in [0, 0.1) is 6.92 Å². The molecule has 2 rings (SSSR count). The van der Waals surface area contributed by atoms with Crippen molar-refractivity contribution >= 4 is 10.0 Å². The number of unbranched alkanes of at least 4 members (excludes halogenated alkanes) is 3. The number of aryl methyl sites for hydroxylation is 1. The molecule has 2 N–H and O–H groups in total. The minimum atomic E-state index is -3.36. The van der Waals surface area contributed by atoms with E-state index in [1.807, 2.05) is 19.1 Å². The molecule has 1 aliphatic heterocycles. The van der Waals surface area contributed by atoms with Gasteiger partial charge >= 0.3 is 0 Å². The SMILES string of the molecule is CCCCCCC1C[NH2+]CCN1S(=O)(=O)c1ccc(C)cc1.[Cl-]. The molecule has 1 unspecified atom stereocenters. The van der Waals surface area contributed by atoms with Crippen LogP contribution in [0.2, 0.25) is 0 Å². The first kappa shape index (κ1) is 20.4. The molecule has 0 amide bonds. The second-order valence-electron chi connectivity index (χ2n) is 6.25. The lowest BCUT2D eigenvalue weighted by Gasteiger charge is -2.33. The average Bonchev–Trinajstić information content (AvgIpc) is 2.52. The van der Waals surface area contributed by atoms with Crippen LogP contribution in [0.25, 0.3) is 0 Å². The number of piperazine rings is 1. The molecule has 23 heavy (non-hydrogen) atoms. The molecule has 1 aromatic rings. The lowest BCUT2D eigenvalue weighted by Crippen LogP contribution is -3.00. The Kier molecular flexibility index (Phi) is 8.54. The molecule has 0 aliphatic carbocycles. The Morgan fingerprint density at radius 2 is 1.87 bits per heavy atom. The summed E-state index contributed by atoms with van der Waals surface area (Å²) in [6, 6.07) is 7.35. The number of hydrogen-bond acceptors (Lipinski definition) is 2. The van der Waals surface area contributed by atoms with Crippen LogP contribution in [-0.2, 0) is 10.0 Å². The first-order valence-corrected chi connectivity index (χ1v) is 9.90. The largest absolute Gasteiger partial charge is 1.00 e. The lowest BCUT2D eigenvalue weighted by atomic mass is 10.1. The first-order valence-electron chi connectivity index (χ1n) is 8.46. The Morgan fingerprint density at radius 1 is 1.17 bits per heavy atom. The minimum Gasteiger partial charge on any atom is -1.00 e. The highest BCUT2D eigenvalue weighted by molar-refractivity contribution is 7.89. The van der Waals surface area contributed by atoms with Crippen molar-refractivity contribution in [3.8, 4) is 0 Å². The monoisotopic (exact) mass is 360 g/mol. The molecule has 1 saturated heterocycles. The van der Waals surface area contributed by atoms with Crippen molar-refractivity contribution in [1.82, 2.24) is 4.31 Å². The number of quaternary nitrogens is 1. The second-order valence-corrected chi connectivity index (χ2v) is 8.14. The molecule has 0 spiro atoms. The van der Waals surface area contributed by atoms with Gasteiger partial charge in [0.2, 0.25) is 10.0 Å². The fraction of sp³-hybridized carbons (Fsp3) is 0.647. The summed E-state index contributed by atoms with van der Waals surface area (Å²) in [5, 5.41) is 2.24. The molecule has 1 aliphatic rings. The normalized spacial score (nSPS) is 19.3. The molecule has 0 aromatic heterocycles. The predicted molar refractivity (Wildman–Crippen MR) is 89.3 cm³/mol. The number of sulfonamides is 1. The van der Waals surface area contributed by atoms with Crippen molar-refractivity contribution in [2.75, 3.05) is 19.6 Å². The fourth-order valence-electron chi connectivity index (χ4n) is 3.06. The minimum absolute atomic E-state index is 0. The van der Waals surface area contributed by atoms with Crippen LogP contribution in [0.4, 0.5) is 0 Å². The van der Waals surface area contributed by atoms with Crippen molar-refractivity contribution in [3.05, 3.63) is 29.8 Å². The Bertz CT molecular complexity index is 560. The van der Waals surface area contributed by atoms with Gasteiger partial charge in [-0.2, -0.15) is 4.31 Å². The van der Waals surface area contributed by atoms with E-state index in [2.05, 4.69) is 12.2 Å². The van der Waals surface area contributed by atoms with Crippen molar-refractivity contribution in [2.45, 2.75) is 56.9 Å². The fourth-order valence-corrected chi connectivity index (χ4v) is 4.74. The zero-order valence-electron chi connectivity index (χ0n) is 14.2. The van der Waals surface area contributed by atoms with Gasteiger partial charge in [0, 0.05) is 0 Å². The molecule has 0 saturated carbocycles. The van der Waals surface area contributed by atoms with Crippen molar-refractivity contribution in [1.29, 1.82) is 0 Å². The quantitative estimate of drug-likeness (QED) is 0.628. The van der Waals surface area contributed by atoms with Crippen LogP contribution in [0.3, 0.4) is 0 Å². The van der Waals surface area contributed by atoms with Gasteiger partial charge in [-0.25, -0.2) is 8.42 Å². The Morgan fingerprint density at radius 3 is 2.52 bits per heavy atom. The van der Waals surface area contributed by atoms with E-state index >= 15 is 0 Å². The summed E-state index contributed by atoms with van der Waals surface area (Å²) in [6.07, 6.45) is 5.74. The second kappa shape index (κ2) is 9.62. The van der Waals surface area contributed by atoms with Gasteiger partial charge in [-0.1, -0.05) is 50.3 Å². The van der Waals surface area contributed by atoms with Crippen molar-refractivity contribution < 1.29 is 26.1 Å². The number of hydrogen-bond donors (Lipinski definition) is 1. The molecule has 1 fully saturated rings. The van der Waals surface area contributed by atoms with E-state index in [1.54, 1.807) is 16.4 Å². The van der Waals surface area contributed by atoms with E-state index in [0.29, 0.717) is 11.4 Å². The van der Waals surface area contributed by atoms with Crippen molar-refractivity contribution in [3.63, 3.8) is 0 Å². The van der Waals surface area contributed by atoms with Crippen LogP contribution in [0.5, 0.6) is 0 Å². The van der Waals surface area contributed by atoms with Gasteiger partial charge in [-0.3, -0.25) is 0 Å². The highest BCUT2D eigenvalue weighted by Crippen LogP contribution is 2.21. The Labute approximate surface area is 147 Å². The van der Waals surface area contributed by atoms with Gasteiger partial charge in [0.1, 0.15) is 0 Å². The standard InChI is InChI=1S/C17H28N2O2S.ClH/c1-3-4-5-6-7-16-14-18-12-13-19(16)22(20,21)17-10-8-15(2)9-11-17;/h8-11,16,18H,3-7,12-14H2,1-2H3;1H. The highest BCUT2D eigenvalue weighted by atomic mass is 35.5.